The molecule has 2 unspecified atom stereocenters. The Hall–Kier alpha value is 0.340. The van der Waals surface area contributed by atoms with Crippen molar-refractivity contribution < 1.29 is 19.0 Å². The largest absolute Gasteiger partial charge is 0.394 e. The molecule has 0 bridgehead atoms. The Balaban J connectivity index is 0. The molecule has 2 atom stereocenters. The first-order valence-electron chi connectivity index (χ1n) is 3.25. The molecular formula is C5H15NO4S2. The topological polar surface area (TPSA) is 104 Å². The molecule has 0 aliphatic rings. The Kier molecular flexibility index (Phi) is 14.0. The minimum Gasteiger partial charge on any atom is -0.394 e. The second-order valence-corrected chi connectivity index (χ2v) is 3.25. The van der Waals surface area contributed by atoms with E-state index in [1.54, 1.807) is 0 Å². The molecule has 0 saturated carbocycles. The van der Waals surface area contributed by atoms with E-state index in [9.17, 15) is 4.21 Å². The predicted octanol–water partition coefficient (Wildman–Crippen LogP) is -1.56. The van der Waals surface area contributed by atoms with Crippen LogP contribution >= 0.6 is 12.6 Å². The van der Waals surface area contributed by atoms with Gasteiger partial charge in [-0.25, -0.2) is 4.21 Å². The molecule has 0 heterocycles. The molecule has 0 rings (SSSR count). The average Bonchev–Trinajstić information content (AvgIpc) is 2.04. The zero-order chi connectivity index (χ0) is 9.98. The molecule has 76 valence electrons. The minimum atomic E-state index is -1.69. The third-order valence-electron chi connectivity index (χ3n) is 0.714. The molecule has 7 heteroatoms. The number of rotatable bonds is 4. The second kappa shape index (κ2) is 11.3. The van der Waals surface area contributed by atoms with Crippen LogP contribution in [0.3, 0.4) is 0 Å². The smallest absolute Gasteiger partial charge is 0.154 e. The number of thiol groups is 1. The first-order valence-corrected chi connectivity index (χ1v) is 5.16. The van der Waals surface area contributed by atoms with E-state index < -0.39 is 17.2 Å². The van der Waals surface area contributed by atoms with Crippen molar-refractivity contribution in [2.75, 3.05) is 24.7 Å². The minimum absolute atomic E-state index is 0.181. The van der Waals surface area contributed by atoms with Gasteiger partial charge in [0.25, 0.3) is 0 Å². The van der Waals surface area contributed by atoms with Crippen LogP contribution in [0.25, 0.3) is 0 Å². The number of hydrogen-bond donors (Lipinski definition) is 5. The monoisotopic (exact) mass is 217 g/mol. The molecule has 0 aromatic heterocycles. The Morgan fingerprint density at radius 3 is 2.08 bits per heavy atom. The Labute approximate surface area is 79.7 Å². The van der Waals surface area contributed by atoms with Crippen molar-refractivity contribution in [1.29, 1.82) is 0 Å². The van der Waals surface area contributed by atoms with Gasteiger partial charge in [-0.05, 0) is 0 Å². The third kappa shape index (κ3) is 16.7. The lowest BCUT2D eigenvalue weighted by molar-refractivity contribution is 0.114. The van der Waals surface area contributed by atoms with E-state index in [1.165, 1.54) is 0 Å². The summed E-state index contributed by atoms with van der Waals surface area (Å²) < 4.78 is 17.6. The maximum atomic E-state index is 9.63. The fourth-order valence-electron chi connectivity index (χ4n) is 0.159. The Morgan fingerprint density at radius 1 is 1.58 bits per heavy atom. The van der Waals surface area contributed by atoms with Crippen molar-refractivity contribution in [2.24, 2.45) is 5.73 Å². The van der Waals surface area contributed by atoms with Gasteiger partial charge in [-0.3, -0.25) is 0 Å². The van der Waals surface area contributed by atoms with Crippen LogP contribution in [0.5, 0.6) is 0 Å². The predicted molar refractivity (Wildman–Crippen MR) is 51.6 cm³/mol. The Morgan fingerprint density at radius 2 is 2.08 bits per heavy atom. The third-order valence-corrected chi connectivity index (χ3v) is 1.72. The summed E-state index contributed by atoms with van der Waals surface area (Å²) in [4.78, 5) is 0. The van der Waals surface area contributed by atoms with Gasteiger partial charge in [-0.15, -0.1) is 0 Å². The lowest BCUT2D eigenvalue weighted by Gasteiger charge is -1.96. The standard InChI is InChI=1S/C3H8O2S.C2H7NO2S/c4-1-3(5)2-6;3-1-2-6(4)5/h3-6H,1-2H2;1-3H2,(H,4,5). The van der Waals surface area contributed by atoms with Crippen LogP contribution in [0.1, 0.15) is 0 Å². The van der Waals surface area contributed by atoms with E-state index in [-0.39, 0.29) is 18.9 Å². The van der Waals surface area contributed by atoms with Gasteiger partial charge in [0.2, 0.25) is 0 Å². The lowest BCUT2D eigenvalue weighted by Crippen LogP contribution is -2.12. The van der Waals surface area contributed by atoms with Gasteiger partial charge in [0.15, 0.2) is 11.1 Å². The molecular weight excluding hydrogens is 202 g/mol. The van der Waals surface area contributed by atoms with Crippen LogP contribution in [0.15, 0.2) is 0 Å². The molecule has 0 amide bonds. The van der Waals surface area contributed by atoms with Crippen molar-refractivity contribution >= 4 is 23.7 Å². The van der Waals surface area contributed by atoms with E-state index in [4.69, 9.17) is 20.5 Å². The van der Waals surface area contributed by atoms with Gasteiger partial charge < -0.3 is 20.5 Å². The lowest BCUT2D eigenvalue weighted by atomic mass is 10.4. The van der Waals surface area contributed by atoms with Crippen LogP contribution in [-0.2, 0) is 11.1 Å². The highest BCUT2D eigenvalue weighted by molar-refractivity contribution is 7.80. The maximum Gasteiger partial charge on any atom is 0.154 e. The first kappa shape index (κ1) is 14.8. The molecule has 5 nitrogen and oxygen atoms in total. The highest BCUT2D eigenvalue weighted by atomic mass is 32.2. The van der Waals surface area contributed by atoms with Gasteiger partial charge >= 0.3 is 0 Å². The zero-order valence-electron chi connectivity index (χ0n) is 6.59. The fourth-order valence-corrected chi connectivity index (χ4v) is 0.476. The number of aliphatic hydroxyl groups excluding tert-OH is 2. The van der Waals surface area contributed by atoms with Crippen molar-refractivity contribution in [1.82, 2.24) is 0 Å². The molecule has 0 fully saturated rings. The van der Waals surface area contributed by atoms with Crippen LogP contribution in [0.4, 0.5) is 0 Å². The summed E-state index contributed by atoms with van der Waals surface area (Å²) in [6.45, 7) is 0.0899. The Bertz CT molecular complexity index is 110. The van der Waals surface area contributed by atoms with E-state index in [2.05, 4.69) is 12.6 Å². The van der Waals surface area contributed by atoms with Gasteiger partial charge in [0.05, 0.1) is 18.5 Å². The highest BCUT2D eigenvalue weighted by Gasteiger charge is 1.92. The van der Waals surface area contributed by atoms with Crippen LogP contribution < -0.4 is 5.73 Å². The molecule has 0 aromatic carbocycles. The summed E-state index contributed by atoms with van der Waals surface area (Å²) in [6, 6.07) is 0. The van der Waals surface area contributed by atoms with E-state index in [1.807, 2.05) is 0 Å². The van der Waals surface area contributed by atoms with Crippen molar-refractivity contribution in [3.05, 3.63) is 0 Å². The molecule has 5 N–H and O–H groups in total. The van der Waals surface area contributed by atoms with Gasteiger partial charge in [-0.2, -0.15) is 12.6 Å². The van der Waals surface area contributed by atoms with E-state index in [0.29, 0.717) is 5.75 Å². The van der Waals surface area contributed by atoms with Crippen LogP contribution in [0, 0.1) is 0 Å². The summed E-state index contributed by atoms with van der Waals surface area (Å²) in [5.74, 6) is 0.510. The number of aliphatic hydroxyl groups is 2. The second-order valence-electron chi connectivity index (χ2n) is 1.83. The molecule has 0 aromatic rings. The number of hydrogen-bond acceptors (Lipinski definition) is 5. The fraction of sp³-hybridized carbons (Fsp3) is 1.00. The molecule has 0 aliphatic carbocycles. The number of nitrogens with two attached hydrogens (primary N) is 1. The van der Waals surface area contributed by atoms with Crippen molar-refractivity contribution in [3.63, 3.8) is 0 Å². The molecule has 12 heavy (non-hydrogen) atoms. The quantitative estimate of drug-likeness (QED) is 0.289. The summed E-state index contributed by atoms with van der Waals surface area (Å²) in [5.41, 5.74) is 4.88. The summed E-state index contributed by atoms with van der Waals surface area (Å²) >= 11 is 1.99. The van der Waals surface area contributed by atoms with Gasteiger partial charge in [0, 0.05) is 12.3 Å². The normalized spacial score (nSPS) is 14.4. The molecule has 0 saturated heterocycles. The van der Waals surface area contributed by atoms with Crippen molar-refractivity contribution in [2.45, 2.75) is 6.10 Å². The van der Waals surface area contributed by atoms with Gasteiger partial charge in [-0.1, -0.05) is 0 Å². The highest BCUT2D eigenvalue weighted by Crippen LogP contribution is 1.81. The summed E-state index contributed by atoms with van der Waals surface area (Å²) in [7, 11) is 0. The SMILES string of the molecule is NCCS(=O)O.OCC(O)CS. The zero-order valence-corrected chi connectivity index (χ0v) is 8.30. The van der Waals surface area contributed by atoms with Crippen LogP contribution in [-0.4, -0.2) is 49.7 Å². The van der Waals surface area contributed by atoms with E-state index >= 15 is 0 Å². The van der Waals surface area contributed by atoms with Crippen molar-refractivity contribution in [3.8, 4) is 0 Å². The van der Waals surface area contributed by atoms with Crippen LogP contribution in [0.2, 0.25) is 0 Å². The molecule has 0 aliphatic heterocycles. The van der Waals surface area contributed by atoms with Gasteiger partial charge in [0.1, 0.15) is 0 Å². The van der Waals surface area contributed by atoms with E-state index in [0.717, 1.165) is 0 Å². The molecule has 0 spiro atoms. The summed E-state index contributed by atoms with van der Waals surface area (Å²) in [6.07, 6.45) is -0.645. The first-order chi connectivity index (χ1) is 5.58. The average molecular weight is 217 g/mol. The maximum absolute atomic E-state index is 9.63. The summed E-state index contributed by atoms with van der Waals surface area (Å²) in [5, 5.41) is 16.4. The molecule has 0 radical (unpaired) electrons.